The summed E-state index contributed by atoms with van der Waals surface area (Å²) in [5, 5.41) is 14.8. The lowest BCUT2D eigenvalue weighted by atomic mass is 9.42. The fourth-order valence-corrected chi connectivity index (χ4v) is 11.4. The molecule has 0 aliphatic heterocycles. The number of hydrogen-bond donors (Lipinski definition) is 0. The average molecular weight is 722 g/mol. The topological polar surface area (TPSA) is 75.3 Å². The van der Waals surface area contributed by atoms with Gasteiger partial charge in [0, 0.05) is 34.0 Å². The molecular formula is C51H39N5. The van der Waals surface area contributed by atoms with Gasteiger partial charge in [0.05, 0.1) is 11.6 Å². The Morgan fingerprint density at radius 2 is 0.964 bits per heavy atom. The van der Waals surface area contributed by atoms with Crippen molar-refractivity contribution in [2.75, 3.05) is 0 Å². The third-order valence-corrected chi connectivity index (χ3v) is 13.1. The molecule has 0 N–H and O–H groups in total. The minimum Gasteiger partial charge on any atom is -0.260 e. The number of fused-ring (bicyclic) bond motifs is 2. The number of hydrogen-bond acceptors (Lipinski definition) is 5. The molecule has 268 valence electrons. The van der Waals surface area contributed by atoms with Crippen molar-refractivity contribution in [3.8, 4) is 51.4 Å². The van der Waals surface area contributed by atoms with E-state index in [2.05, 4.69) is 78.9 Å². The Morgan fingerprint density at radius 3 is 1.48 bits per heavy atom. The Labute approximate surface area is 326 Å². The molecule has 4 fully saturated rings. The monoisotopic (exact) mass is 721 g/mol. The molecule has 0 saturated heterocycles. The summed E-state index contributed by atoms with van der Waals surface area (Å²) in [6.07, 6.45) is 9.27. The van der Waals surface area contributed by atoms with Crippen molar-refractivity contribution < 1.29 is 0 Å². The van der Waals surface area contributed by atoms with Gasteiger partial charge in [0.1, 0.15) is 0 Å². The SMILES string of the molecule is N#Cc1ccc(-c2c3ccccc3c(C34CC5CC(CC(c6ccc(-c7nc(-c8ccccc8)nc(-c8ccccc8)n7)cn6)(C5)C3)C4)c3ccccc23)cc1. The zero-order chi connectivity index (χ0) is 37.3. The first kappa shape index (κ1) is 32.9. The van der Waals surface area contributed by atoms with Gasteiger partial charge in [-0.25, -0.2) is 15.0 Å². The number of nitrogens with zero attached hydrogens (tertiary/aromatic N) is 5. The van der Waals surface area contributed by atoms with Crippen LogP contribution in [-0.4, -0.2) is 19.9 Å². The molecular weight excluding hydrogens is 683 g/mol. The van der Waals surface area contributed by atoms with Crippen LogP contribution in [0.4, 0.5) is 0 Å². The van der Waals surface area contributed by atoms with Crippen LogP contribution in [0.15, 0.2) is 152 Å². The van der Waals surface area contributed by atoms with E-state index in [0.29, 0.717) is 34.9 Å². The van der Waals surface area contributed by atoms with E-state index in [1.54, 1.807) is 0 Å². The highest BCUT2D eigenvalue weighted by Crippen LogP contribution is 2.67. The van der Waals surface area contributed by atoms with Crippen molar-refractivity contribution in [3.63, 3.8) is 0 Å². The van der Waals surface area contributed by atoms with Crippen LogP contribution in [-0.2, 0) is 10.8 Å². The molecule has 56 heavy (non-hydrogen) atoms. The van der Waals surface area contributed by atoms with E-state index in [-0.39, 0.29) is 10.8 Å². The van der Waals surface area contributed by atoms with E-state index in [1.807, 2.05) is 79.0 Å². The molecule has 2 aromatic heterocycles. The van der Waals surface area contributed by atoms with E-state index in [1.165, 1.54) is 70.5 Å². The number of aromatic nitrogens is 4. The molecule has 6 aromatic carbocycles. The zero-order valence-corrected chi connectivity index (χ0v) is 31.1. The lowest BCUT2D eigenvalue weighted by Gasteiger charge is -2.62. The molecule has 4 saturated carbocycles. The van der Waals surface area contributed by atoms with Crippen molar-refractivity contribution in [2.24, 2.45) is 11.8 Å². The summed E-state index contributed by atoms with van der Waals surface area (Å²) < 4.78 is 0. The third-order valence-electron chi connectivity index (χ3n) is 13.1. The second-order valence-electron chi connectivity index (χ2n) is 16.5. The van der Waals surface area contributed by atoms with Crippen molar-refractivity contribution in [3.05, 3.63) is 169 Å². The van der Waals surface area contributed by atoms with Gasteiger partial charge < -0.3 is 0 Å². The second-order valence-corrected chi connectivity index (χ2v) is 16.5. The maximum Gasteiger partial charge on any atom is 0.165 e. The van der Waals surface area contributed by atoms with Crippen molar-refractivity contribution in [1.29, 1.82) is 5.26 Å². The van der Waals surface area contributed by atoms with E-state index < -0.39 is 0 Å². The number of benzene rings is 6. The molecule has 5 heteroatoms. The molecule has 0 amide bonds. The van der Waals surface area contributed by atoms with Crippen molar-refractivity contribution in [1.82, 2.24) is 19.9 Å². The van der Waals surface area contributed by atoms with Gasteiger partial charge in [0.25, 0.3) is 0 Å². The van der Waals surface area contributed by atoms with Crippen LogP contribution < -0.4 is 0 Å². The molecule has 8 aromatic rings. The van der Waals surface area contributed by atoms with E-state index in [9.17, 15) is 5.26 Å². The number of rotatable bonds is 6. The quantitative estimate of drug-likeness (QED) is 0.160. The van der Waals surface area contributed by atoms with Crippen LogP contribution >= 0.6 is 0 Å². The fourth-order valence-electron chi connectivity index (χ4n) is 11.4. The Kier molecular flexibility index (Phi) is 7.51. The lowest BCUT2D eigenvalue weighted by Crippen LogP contribution is -2.56. The average Bonchev–Trinajstić information content (AvgIpc) is 3.25. The van der Waals surface area contributed by atoms with Gasteiger partial charge in [0.2, 0.25) is 0 Å². The van der Waals surface area contributed by atoms with Crippen molar-refractivity contribution in [2.45, 2.75) is 49.4 Å². The molecule has 2 atom stereocenters. The van der Waals surface area contributed by atoms with Crippen LogP contribution in [0.2, 0.25) is 0 Å². The van der Waals surface area contributed by atoms with Gasteiger partial charge in [-0.2, -0.15) is 5.26 Å². The highest BCUT2D eigenvalue weighted by molar-refractivity contribution is 6.15. The summed E-state index contributed by atoms with van der Waals surface area (Å²) in [5.41, 5.74) is 8.72. The molecule has 2 heterocycles. The van der Waals surface area contributed by atoms with Crippen LogP contribution in [0.5, 0.6) is 0 Å². The van der Waals surface area contributed by atoms with E-state index in [0.717, 1.165) is 28.7 Å². The summed E-state index contributed by atoms with van der Waals surface area (Å²) in [4.78, 5) is 20.2. The molecule has 4 bridgehead atoms. The third kappa shape index (κ3) is 5.28. The van der Waals surface area contributed by atoms with E-state index >= 15 is 0 Å². The standard InChI is InChI=1S/C51H39N5/c52-30-33-19-21-36(22-20-33)45-40-15-7-9-17-42(40)46(43-18-10-8-16-41(43)45)51-28-34-25-35(29-51)27-50(26-34,32-51)44-24-23-39(31-53-44)49-55-47(37-11-3-1-4-12-37)54-48(56-49)38-13-5-2-6-14-38/h1-24,31,34-35H,25-29,32H2. The molecule has 0 radical (unpaired) electrons. The summed E-state index contributed by atoms with van der Waals surface area (Å²) in [6.45, 7) is 0. The summed E-state index contributed by atoms with van der Waals surface area (Å²) >= 11 is 0. The number of nitriles is 1. The van der Waals surface area contributed by atoms with Crippen LogP contribution in [0.25, 0.3) is 66.8 Å². The predicted molar refractivity (Wildman–Crippen MR) is 224 cm³/mol. The molecule has 2 unspecified atom stereocenters. The van der Waals surface area contributed by atoms with Gasteiger partial charge in [-0.05, 0) is 118 Å². The Balaban J connectivity index is 1.02. The largest absolute Gasteiger partial charge is 0.260 e. The molecule has 5 nitrogen and oxygen atoms in total. The summed E-state index contributed by atoms with van der Waals surface area (Å²) in [7, 11) is 0. The fraction of sp³-hybridized carbons (Fsp3) is 0.196. The van der Waals surface area contributed by atoms with Crippen molar-refractivity contribution >= 4 is 21.5 Å². The minimum absolute atomic E-state index is 0.0140. The van der Waals surface area contributed by atoms with Gasteiger partial charge in [0.15, 0.2) is 17.5 Å². The van der Waals surface area contributed by atoms with Crippen LogP contribution in [0, 0.1) is 23.2 Å². The maximum atomic E-state index is 9.54. The van der Waals surface area contributed by atoms with Crippen LogP contribution in [0.1, 0.15) is 55.3 Å². The van der Waals surface area contributed by atoms with Gasteiger partial charge in [-0.15, -0.1) is 0 Å². The van der Waals surface area contributed by atoms with Gasteiger partial charge >= 0.3 is 0 Å². The predicted octanol–water partition coefficient (Wildman–Crippen LogP) is 11.9. The molecule has 0 spiro atoms. The molecule has 4 aliphatic carbocycles. The highest BCUT2D eigenvalue weighted by Gasteiger charge is 2.59. The smallest absolute Gasteiger partial charge is 0.165 e. The summed E-state index contributed by atoms with van der Waals surface area (Å²) in [6, 6.07) is 53.3. The van der Waals surface area contributed by atoms with Crippen LogP contribution in [0.3, 0.4) is 0 Å². The zero-order valence-electron chi connectivity index (χ0n) is 31.1. The van der Waals surface area contributed by atoms with Gasteiger partial charge in [-0.1, -0.05) is 121 Å². The Morgan fingerprint density at radius 1 is 0.482 bits per heavy atom. The number of pyridine rings is 1. The maximum absolute atomic E-state index is 9.54. The lowest BCUT2D eigenvalue weighted by molar-refractivity contribution is -0.0287. The first-order chi connectivity index (χ1) is 27.6. The second kappa shape index (κ2) is 12.8. The minimum atomic E-state index is 0.0140. The van der Waals surface area contributed by atoms with Gasteiger partial charge in [-0.3, -0.25) is 4.98 Å². The first-order valence-electron chi connectivity index (χ1n) is 19.9. The Hall–Kier alpha value is -6.51. The molecule has 12 rings (SSSR count). The summed E-state index contributed by atoms with van der Waals surface area (Å²) in [5.74, 6) is 3.29. The molecule has 4 aliphatic rings. The highest BCUT2D eigenvalue weighted by atomic mass is 15.0. The Bertz CT molecular complexity index is 2690. The van der Waals surface area contributed by atoms with E-state index in [4.69, 9.17) is 19.9 Å². The first-order valence-corrected chi connectivity index (χ1v) is 19.9. The normalized spacial score (nSPS) is 22.3.